The molecular weight excluding hydrogens is 162 g/mol. The highest BCUT2D eigenvalue weighted by molar-refractivity contribution is 5.27. The average molecular weight is 181 g/mol. The second kappa shape index (κ2) is 4.30. The van der Waals surface area contributed by atoms with E-state index in [-0.39, 0.29) is 5.54 Å². The molecule has 3 heteroatoms. The summed E-state index contributed by atoms with van der Waals surface area (Å²) in [5, 5.41) is 3.42. The summed E-state index contributed by atoms with van der Waals surface area (Å²) in [4.78, 5) is 7.23. The van der Waals surface area contributed by atoms with Crippen molar-refractivity contribution >= 4 is 5.95 Å². The minimum absolute atomic E-state index is 0.173. The van der Waals surface area contributed by atoms with Gasteiger partial charge in [0.25, 0.3) is 0 Å². The van der Waals surface area contributed by atoms with Gasteiger partial charge in [-0.25, -0.2) is 4.98 Å². The van der Waals surface area contributed by atoms with Crippen molar-refractivity contribution < 1.29 is 0 Å². The molecule has 3 nitrogen and oxygen atoms in total. The van der Waals surface area contributed by atoms with Crippen molar-refractivity contribution in [3.05, 3.63) is 12.4 Å². The van der Waals surface area contributed by atoms with E-state index < -0.39 is 0 Å². The third-order valence-electron chi connectivity index (χ3n) is 2.50. The number of rotatable bonds is 5. The van der Waals surface area contributed by atoms with E-state index in [1.165, 1.54) is 12.8 Å². The number of H-pyrrole nitrogens is 1. The molecule has 0 aromatic carbocycles. The topological polar surface area (TPSA) is 40.7 Å². The molecule has 1 unspecified atom stereocenters. The van der Waals surface area contributed by atoms with E-state index in [1.54, 1.807) is 6.20 Å². The number of anilines is 1. The van der Waals surface area contributed by atoms with Gasteiger partial charge in [0.05, 0.1) is 0 Å². The van der Waals surface area contributed by atoms with E-state index in [1.807, 2.05) is 6.20 Å². The standard InChI is InChI=1S/C10H19N3/c1-4-6-10(3,5-2)13-9-11-7-8-12-9/h7-8H,4-6H2,1-3H3,(H2,11,12,13). The number of hydrogen-bond donors (Lipinski definition) is 2. The van der Waals surface area contributed by atoms with Crippen LogP contribution in [0.25, 0.3) is 0 Å². The fraction of sp³-hybridized carbons (Fsp3) is 0.700. The predicted octanol–water partition coefficient (Wildman–Crippen LogP) is 2.79. The zero-order valence-electron chi connectivity index (χ0n) is 8.72. The first-order valence-corrected chi connectivity index (χ1v) is 4.98. The lowest BCUT2D eigenvalue weighted by molar-refractivity contribution is 0.448. The van der Waals surface area contributed by atoms with E-state index in [2.05, 4.69) is 36.1 Å². The van der Waals surface area contributed by atoms with Crippen LogP contribution in [0.5, 0.6) is 0 Å². The molecule has 0 saturated heterocycles. The number of aromatic nitrogens is 2. The lowest BCUT2D eigenvalue weighted by Crippen LogP contribution is -2.34. The molecule has 1 heterocycles. The largest absolute Gasteiger partial charge is 0.351 e. The molecule has 0 aliphatic rings. The number of nitrogens with one attached hydrogen (secondary N) is 2. The van der Waals surface area contributed by atoms with Crippen molar-refractivity contribution in [1.29, 1.82) is 0 Å². The maximum atomic E-state index is 4.16. The molecule has 1 atom stereocenters. The number of hydrogen-bond acceptors (Lipinski definition) is 2. The molecule has 1 aromatic heterocycles. The summed E-state index contributed by atoms with van der Waals surface area (Å²) < 4.78 is 0. The van der Waals surface area contributed by atoms with E-state index in [0.29, 0.717) is 0 Å². The molecule has 0 amide bonds. The summed E-state index contributed by atoms with van der Waals surface area (Å²) in [5.74, 6) is 0.873. The Morgan fingerprint density at radius 2 is 2.31 bits per heavy atom. The summed E-state index contributed by atoms with van der Waals surface area (Å²) in [7, 11) is 0. The Labute approximate surface area is 80.0 Å². The van der Waals surface area contributed by atoms with Crippen LogP contribution in [-0.2, 0) is 0 Å². The SMILES string of the molecule is CCCC(C)(CC)Nc1ncc[nH]1. The first-order chi connectivity index (χ1) is 6.20. The van der Waals surface area contributed by atoms with Crippen LogP contribution in [-0.4, -0.2) is 15.5 Å². The van der Waals surface area contributed by atoms with Crippen molar-refractivity contribution in [2.75, 3.05) is 5.32 Å². The maximum Gasteiger partial charge on any atom is 0.200 e. The van der Waals surface area contributed by atoms with Crippen LogP contribution in [0.4, 0.5) is 5.95 Å². The van der Waals surface area contributed by atoms with E-state index in [0.717, 1.165) is 12.4 Å². The van der Waals surface area contributed by atoms with Crippen LogP contribution in [0.2, 0.25) is 0 Å². The van der Waals surface area contributed by atoms with Crippen LogP contribution in [0.15, 0.2) is 12.4 Å². The maximum absolute atomic E-state index is 4.16. The fourth-order valence-corrected chi connectivity index (χ4v) is 1.50. The fourth-order valence-electron chi connectivity index (χ4n) is 1.50. The first-order valence-electron chi connectivity index (χ1n) is 4.98. The molecule has 0 aliphatic heterocycles. The Morgan fingerprint density at radius 1 is 1.54 bits per heavy atom. The van der Waals surface area contributed by atoms with Gasteiger partial charge in [0.15, 0.2) is 5.95 Å². The third-order valence-corrected chi connectivity index (χ3v) is 2.50. The molecule has 13 heavy (non-hydrogen) atoms. The second-order valence-electron chi connectivity index (χ2n) is 3.73. The van der Waals surface area contributed by atoms with Crippen LogP contribution in [0.3, 0.4) is 0 Å². The van der Waals surface area contributed by atoms with E-state index >= 15 is 0 Å². The van der Waals surface area contributed by atoms with Gasteiger partial charge in [0, 0.05) is 17.9 Å². The zero-order chi connectivity index (χ0) is 9.73. The molecule has 0 saturated carbocycles. The van der Waals surface area contributed by atoms with E-state index in [9.17, 15) is 0 Å². The van der Waals surface area contributed by atoms with Gasteiger partial charge in [-0.1, -0.05) is 20.3 Å². The zero-order valence-corrected chi connectivity index (χ0v) is 8.72. The third kappa shape index (κ3) is 2.76. The Balaban J connectivity index is 2.58. The van der Waals surface area contributed by atoms with Gasteiger partial charge in [-0.3, -0.25) is 0 Å². The van der Waals surface area contributed by atoms with Gasteiger partial charge in [-0.2, -0.15) is 0 Å². The molecule has 1 rings (SSSR count). The Bertz CT molecular complexity index is 230. The van der Waals surface area contributed by atoms with Gasteiger partial charge in [0.1, 0.15) is 0 Å². The minimum Gasteiger partial charge on any atom is -0.351 e. The van der Waals surface area contributed by atoms with Crippen molar-refractivity contribution in [2.45, 2.75) is 45.6 Å². The Kier molecular flexibility index (Phi) is 3.34. The van der Waals surface area contributed by atoms with Crippen LogP contribution in [0.1, 0.15) is 40.0 Å². The average Bonchev–Trinajstić information content (AvgIpc) is 2.57. The minimum atomic E-state index is 0.173. The highest BCUT2D eigenvalue weighted by atomic mass is 15.1. The number of aromatic amines is 1. The predicted molar refractivity (Wildman–Crippen MR) is 55.8 cm³/mol. The van der Waals surface area contributed by atoms with Crippen molar-refractivity contribution in [1.82, 2.24) is 9.97 Å². The van der Waals surface area contributed by atoms with Crippen molar-refractivity contribution in [2.24, 2.45) is 0 Å². The normalized spacial score (nSPS) is 15.3. The molecule has 2 N–H and O–H groups in total. The highest BCUT2D eigenvalue weighted by Gasteiger charge is 2.20. The van der Waals surface area contributed by atoms with Crippen LogP contribution >= 0.6 is 0 Å². The molecule has 0 aliphatic carbocycles. The van der Waals surface area contributed by atoms with Gasteiger partial charge in [-0.15, -0.1) is 0 Å². The smallest absolute Gasteiger partial charge is 0.200 e. The Hall–Kier alpha value is -0.990. The molecule has 0 bridgehead atoms. The molecule has 1 aromatic rings. The van der Waals surface area contributed by atoms with Crippen LogP contribution < -0.4 is 5.32 Å². The number of nitrogens with zero attached hydrogens (tertiary/aromatic N) is 1. The summed E-state index contributed by atoms with van der Waals surface area (Å²) in [6, 6.07) is 0. The van der Waals surface area contributed by atoms with Gasteiger partial charge >= 0.3 is 0 Å². The molecule has 0 spiro atoms. The molecule has 0 fully saturated rings. The molecular formula is C10H19N3. The van der Waals surface area contributed by atoms with E-state index in [4.69, 9.17) is 0 Å². The highest BCUT2D eigenvalue weighted by Crippen LogP contribution is 2.20. The van der Waals surface area contributed by atoms with Crippen molar-refractivity contribution in [3.8, 4) is 0 Å². The van der Waals surface area contributed by atoms with Gasteiger partial charge in [-0.05, 0) is 19.8 Å². The summed E-state index contributed by atoms with van der Waals surface area (Å²) in [6.45, 7) is 6.64. The lowest BCUT2D eigenvalue weighted by Gasteiger charge is -2.29. The Morgan fingerprint density at radius 3 is 2.77 bits per heavy atom. The van der Waals surface area contributed by atoms with Crippen molar-refractivity contribution in [3.63, 3.8) is 0 Å². The summed E-state index contributed by atoms with van der Waals surface area (Å²) in [6.07, 6.45) is 7.08. The first kappa shape index (κ1) is 10.1. The molecule has 0 radical (unpaired) electrons. The van der Waals surface area contributed by atoms with Gasteiger partial charge < -0.3 is 10.3 Å². The quantitative estimate of drug-likeness (QED) is 0.733. The number of imidazole rings is 1. The molecule has 74 valence electrons. The summed E-state index contributed by atoms with van der Waals surface area (Å²) >= 11 is 0. The monoisotopic (exact) mass is 181 g/mol. The van der Waals surface area contributed by atoms with Gasteiger partial charge in [0.2, 0.25) is 0 Å². The summed E-state index contributed by atoms with van der Waals surface area (Å²) in [5.41, 5.74) is 0.173. The second-order valence-corrected chi connectivity index (χ2v) is 3.73. The lowest BCUT2D eigenvalue weighted by atomic mass is 9.93. The van der Waals surface area contributed by atoms with Crippen LogP contribution in [0, 0.1) is 0 Å².